The van der Waals surface area contributed by atoms with Crippen molar-refractivity contribution in [3.8, 4) is 5.75 Å². The Morgan fingerprint density at radius 3 is 2.96 bits per heavy atom. The number of methoxy groups -OCH3 is 1. The van der Waals surface area contributed by atoms with Crippen LogP contribution in [-0.2, 0) is 11.3 Å². The molecule has 1 saturated heterocycles. The first kappa shape index (κ1) is 17.4. The fraction of sp³-hybridized carbons (Fsp3) is 0.471. The molecule has 0 radical (unpaired) electrons. The summed E-state index contributed by atoms with van der Waals surface area (Å²) in [6.07, 6.45) is 0.681. The Kier molecular flexibility index (Phi) is 5.30. The number of hydrazine groups is 1. The highest BCUT2D eigenvalue weighted by molar-refractivity contribution is 5.82. The minimum atomic E-state index is -0.269. The van der Waals surface area contributed by atoms with Crippen LogP contribution in [-0.4, -0.2) is 40.4 Å². The van der Waals surface area contributed by atoms with Gasteiger partial charge in [-0.1, -0.05) is 12.1 Å². The number of hydrogen-bond donors (Lipinski definition) is 3. The van der Waals surface area contributed by atoms with Crippen molar-refractivity contribution in [2.45, 2.75) is 38.9 Å². The number of benzene rings is 1. The van der Waals surface area contributed by atoms with Gasteiger partial charge in [0.25, 0.3) is 0 Å². The first-order chi connectivity index (χ1) is 12.1. The molecule has 2 heterocycles. The summed E-state index contributed by atoms with van der Waals surface area (Å²) >= 11 is 0. The number of nitrogens with zero attached hydrogens (tertiary/aromatic N) is 3. The first-order valence-corrected chi connectivity index (χ1v) is 8.37. The molecule has 0 aliphatic carbocycles. The van der Waals surface area contributed by atoms with Gasteiger partial charge in [0.15, 0.2) is 0 Å². The lowest BCUT2D eigenvalue weighted by molar-refractivity contribution is -0.122. The van der Waals surface area contributed by atoms with Crippen LogP contribution in [0.15, 0.2) is 24.3 Å². The maximum Gasteiger partial charge on any atom is 0.238 e. The van der Waals surface area contributed by atoms with Crippen LogP contribution in [0.2, 0.25) is 0 Å². The smallest absolute Gasteiger partial charge is 0.238 e. The summed E-state index contributed by atoms with van der Waals surface area (Å²) in [5, 5.41) is 7.24. The monoisotopic (exact) mass is 344 g/mol. The SMILES string of the molecule is COc1cccc(C2CC(C(=O)NCCn3nc(C)nc3C)NN2)c1. The van der Waals surface area contributed by atoms with Gasteiger partial charge in [0.05, 0.1) is 13.7 Å². The molecule has 2 unspecified atom stereocenters. The lowest BCUT2D eigenvalue weighted by Crippen LogP contribution is -2.44. The van der Waals surface area contributed by atoms with E-state index in [-0.39, 0.29) is 18.0 Å². The Labute approximate surface area is 146 Å². The molecule has 1 aromatic heterocycles. The van der Waals surface area contributed by atoms with E-state index in [1.807, 2.05) is 38.1 Å². The highest BCUT2D eigenvalue weighted by Gasteiger charge is 2.30. The molecular formula is C17H24N6O2. The van der Waals surface area contributed by atoms with Gasteiger partial charge in [-0.15, -0.1) is 0 Å². The summed E-state index contributed by atoms with van der Waals surface area (Å²) < 4.78 is 7.05. The third-order valence-electron chi connectivity index (χ3n) is 4.30. The maximum atomic E-state index is 12.3. The third-order valence-corrected chi connectivity index (χ3v) is 4.30. The molecule has 2 atom stereocenters. The Morgan fingerprint density at radius 1 is 1.40 bits per heavy atom. The van der Waals surface area contributed by atoms with Gasteiger partial charge in [0.2, 0.25) is 5.91 Å². The molecule has 8 heteroatoms. The molecule has 3 rings (SSSR count). The van der Waals surface area contributed by atoms with Crippen molar-refractivity contribution < 1.29 is 9.53 Å². The lowest BCUT2D eigenvalue weighted by atomic mass is 10.0. The number of nitrogens with one attached hydrogen (secondary N) is 3. The minimum absolute atomic E-state index is 0.0209. The van der Waals surface area contributed by atoms with Gasteiger partial charge >= 0.3 is 0 Å². The van der Waals surface area contributed by atoms with Gasteiger partial charge in [-0.2, -0.15) is 5.10 Å². The number of hydrogen-bond acceptors (Lipinski definition) is 6. The molecule has 8 nitrogen and oxygen atoms in total. The summed E-state index contributed by atoms with van der Waals surface area (Å²) in [5.74, 6) is 2.38. The van der Waals surface area contributed by atoms with E-state index in [0.717, 1.165) is 23.0 Å². The maximum absolute atomic E-state index is 12.3. The molecule has 1 amide bonds. The Bertz CT molecular complexity index is 744. The van der Waals surface area contributed by atoms with E-state index in [1.165, 1.54) is 0 Å². The molecule has 1 aliphatic rings. The van der Waals surface area contributed by atoms with Crippen molar-refractivity contribution in [1.82, 2.24) is 30.9 Å². The molecule has 1 fully saturated rings. The van der Waals surface area contributed by atoms with Crippen molar-refractivity contribution in [1.29, 1.82) is 0 Å². The van der Waals surface area contributed by atoms with Crippen molar-refractivity contribution in [2.24, 2.45) is 0 Å². The zero-order valence-corrected chi connectivity index (χ0v) is 14.7. The van der Waals surface area contributed by atoms with E-state index >= 15 is 0 Å². The average molecular weight is 344 g/mol. The normalized spacial score (nSPS) is 19.8. The van der Waals surface area contributed by atoms with Crippen LogP contribution < -0.4 is 20.9 Å². The van der Waals surface area contributed by atoms with Gasteiger partial charge in [-0.25, -0.2) is 20.5 Å². The number of carbonyl (C=O) groups is 1. The molecule has 0 saturated carbocycles. The summed E-state index contributed by atoms with van der Waals surface area (Å²) in [5.41, 5.74) is 7.34. The van der Waals surface area contributed by atoms with Crippen LogP contribution in [0.3, 0.4) is 0 Å². The highest BCUT2D eigenvalue weighted by atomic mass is 16.5. The van der Waals surface area contributed by atoms with Crippen LogP contribution in [0.25, 0.3) is 0 Å². The van der Waals surface area contributed by atoms with Crippen LogP contribution in [0, 0.1) is 13.8 Å². The van der Waals surface area contributed by atoms with Crippen molar-refractivity contribution >= 4 is 5.91 Å². The number of carbonyl (C=O) groups excluding carboxylic acids is 1. The van der Waals surface area contributed by atoms with Crippen molar-refractivity contribution in [3.63, 3.8) is 0 Å². The highest BCUT2D eigenvalue weighted by Crippen LogP contribution is 2.25. The average Bonchev–Trinajstić information content (AvgIpc) is 3.22. The number of aryl methyl sites for hydroxylation is 2. The van der Waals surface area contributed by atoms with Gasteiger partial charge in [0, 0.05) is 12.6 Å². The Balaban J connectivity index is 1.49. The molecule has 3 N–H and O–H groups in total. The third kappa shape index (κ3) is 4.15. The molecular weight excluding hydrogens is 320 g/mol. The van der Waals surface area contributed by atoms with Crippen LogP contribution in [0.1, 0.15) is 29.7 Å². The number of rotatable bonds is 6. The number of ether oxygens (including phenoxy) is 1. The molecule has 0 bridgehead atoms. The van der Waals surface area contributed by atoms with E-state index in [1.54, 1.807) is 11.8 Å². The minimum Gasteiger partial charge on any atom is -0.497 e. The zero-order chi connectivity index (χ0) is 17.8. The predicted octanol–water partition coefficient (Wildman–Crippen LogP) is 0.628. The fourth-order valence-corrected chi connectivity index (χ4v) is 2.99. The Morgan fingerprint density at radius 2 is 2.24 bits per heavy atom. The van der Waals surface area contributed by atoms with Gasteiger partial charge < -0.3 is 10.1 Å². The fourth-order valence-electron chi connectivity index (χ4n) is 2.99. The number of amides is 1. The topological polar surface area (TPSA) is 93.1 Å². The van der Waals surface area contributed by atoms with E-state index in [2.05, 4.69) is 26.3 Å². The molecule has 0 spiro atoms. The largest absolute Gasteiger partial charge is 0.497 e. The summed E-state index contributed by atoms with van der Waals surface area (Å²) in [6, 6.07) is 7.67. The predicted molar refractivity (Wildman–Crippen MR) is 92.9 cm³/mol. The van der Waals surface area contributed by atoms with Gasteiger partial charge in [-0.05, 0) is 38.0 Å². The second-order valence-corrected chi connectivity index (χ2v) is 6.13. The molecule has 25 heavy (non-hydrogen) atoms. The van der Waals surface area contributed by atoms with Crippen LogP contribution >= 0.6 is 0 Å². The molecule has 2 aromatic rings. The Hall–Kier alpha value is -2.45. The van der Waals surface area contributed by atoms with Crippen LogP contribution in [0.4, 0.5) is 0 Å². The quantitative estimate of drug-likeness (QED) is 0.712. The second kappa shape index (κ2) is 7.62. The molecule has 1 aliphatic heterocycles. The second-order valence-electron chi connectivity index (χ2n) is 6.13. The molecule has 134 valence electrons. The van der Waals surface area contributed by atoms with E-state index in [4.69, 9.17) is 4.74 Å². The van der Waals surface area contributed by atoms with E-state index in [9.17, 15) is 4.79 Å². The first-order valence-electron chi connectivity index (χ1n) is 8.37. The summed E-state index contributed by atoms with van der Waals surface area (Å²) in [4.78, 5) is 16.6. The number of aromatic nitrogens is 3. The standard InChI is InChI=1S/C17H24N6O2/c1-11-19-12(2)23(22-11)8-7-18-17(24)16-10-15(20-21-16)13-5-4-6-14(9-13)25-3/h4-6,9,15-16,20-21H,7-8,10H2,1-3H3,(H,18,24). The van der Waals surface area contributed by atoms with Crippen molar-refractivity contribution in [3.05, 3.63) is 41.5 Å². The van der Waals surface area contributed by atoms with E-state index in [0.29, 0.717) is 19.5 Å². The molecule has 1 aromatic carbocycles. The van der Waals surface area contributed by atoms with Crippen LogP contribution in [0.5, 0.6) is 5.75 Å². The van der Waals surface area contributed by atoms with Crippen molar-refractivity contribution in [2.75, 3.05) is 13.7 Å². The summed E-state index contributed by atoms with van der Waals surface area (Å²) in [6.45, 7) is 4.89. The van der Waals surface area contributed by atoms with Gasteiger partial charge in [0.1, 0.15) is 23.4 Å². The lowest BCUT2D eigenvalue weighted by Gasteiger charge is -2.11. The van der Waals surface area contributed by atoms with E-state index < -0.39 is 0 Å². The summed E-state index contributed by atoms with van der Waals surface area (Å²) in [7, 11) is 1.65. The zero-order valence-electron chi connectivity index (χ0n) is 14.7. The van der Waals surface area contributed by atoms with Gasteiger partial charge in [-0.3, -0.25) is 4.79 Å².